The fourth-order valence-corrected chi connectivity index (χ4v) is 1.30. The molecule has 1 saturated carbocycles. The Labute approximate surface area is 70.8 Å². The van der Waals surface area contributed by atoms with Crippen LogP contribution in [0.1, 0.15) is 29.9 Å². The van der Waals surface area contributed by atoms with E-state index < -0.39 is 0 Å². The van der Waals surface area contributed by atoms with E-state index in [0.29, 0.717) is 17.3 Å². The van der Waals surface area contributed by atoms with Gasteiger partial charge in [0.05, 0.1) is 11.6 Å². The first-order chi connectivity index (χ1) is 5.81. The summed E-state index contributed by atoms with van der Waals surface area (Å²) in [5.41, 5.74) is 7.21. The van der Waals surface area contributed by atoms with Crippen molar-refractivity contribution < 1.29 is 0 Å². The van der Waals surface area contributed by atoms with Crippen molar-refractivity contribution in [1.29, 1.82) is 5.26 Å². The summed E-state index contributed by atoms with van der Waals surface area (Å²) >= 11 is 0. The van der Waals surface area contributed by atoms with Crippen LogP contribution >= 0.6 is 0 Å². The number of nitrogens with zero attached hydrogens (tertiary/aromatic N) is 2. The van der Waals surface area contributed by atoms with Crippen LogP contribution in [0.5, 0.6) is 0 Å². The molecule has 1 fully saturated rings. The molecule has 1 aliphatic rings. The van der Waals surface area contributed by atoms with E-state index in [9.17, 15) is 0 Å². The molecular formula is C9H9N3. The Balaban J connectivity index is 2.47. The average Bonchev–Trinajstić information content (AvgIpc) is 2.87. The molecule has 60 valence electrons. The highest BCUT2D eigenvalue weighted by Crippen LogP contribution is 2.41. The third-order valence-electron chi connectivity index (χ3n) is 2.09. The molecule has 3 nitrogen and oxygen atoms in total. The van der Waals surface area contributed by atoms with Crippen LogP contribution in [0.4, 0.5) is 5.82 Å². The molecule has 0 amide bonds. The molecule has 1 aromatic rings. The summed E-state index contributed by atoms with van der Waals surface area (Å²) in [4.78, 5) is 3.98. The molecule has 12 heavy (non-hydrogen) atoms. The number of hydrogen-bond donors (Lipinski definition) is 1. The molecule has 3 heteroatoms. The molecule has 2 rings (SSSR count). The smallest absolute Gasteiger partial charge is 0.124 e. The van der Waals surface area contributed by atoms with Gasteiger partial charge in [-0.2, -0.15) is 5.26 Å². The van der Waals surface area contributed by atoms with Crippen molar-refractivity contribution in [2.24, 2.45) is 0 Å². The highest BCUT2D eigenvalue weighted by molar-refractivity contribution is 5.46. The van der Waals surface area contributed by atoms with E-state index in [4.69, 9.17) is 11.0 Å². The zero-order valence-corrected chi connectivity index (χ0v) is 6.62. The molecular weight excluding hydrogens is 150 g/mol. The number of pyridine rings is 1. The molecule has 0 aliphatic heterocycles. The van der Waals surface area contributed by atoms with Crippen molar-refractivity contribution in [3.8, 4) is 6.07 Å². The van der Waals surface area contributed by atoms with Crippen LogP contribution in [0.3, 0.4) is 0 Å². The maximum Gasteiger partial charge on any atom is 0.124 e. The zero-order chi connectivity index (χ0) is 8.55. The van der Waals surface area contributed by atoms with Crippen LogP contribution in [-0.2, 0) is 0 Å². The minimum absolute atomic E-state index is 0.427. The van der Waals surface area contributed by atoms with Crippen LogP contribution in [0.2, 0.25) is 0 Å². The van der Waals surface area contributed by atoms with Gasteiger partial charge in [0.25, 0.3) is 0 Å². The van der Waals surface area contributed by atoms with Gasteiger partial charge in [0.15, 0.2) is 0 Å². The summed E-state index contributed by atoms with van der Waals surface area (Å²) < 4.78 is 0. The molecule has 0 aromatic carbocycles. The topological polar surface area (TPSA) is 62.7 Å². The molecule has 0 atom stereocenters. The SMILES string of the molecule is N#Cc1cc(N)ncc1C1CC1. The standard InChI is InChI=1S/C9H9N3/c10-4-7-3-9(11)12-5-8(7)6-1-2-6/h3,5-6H,1-2H2,(H2,11,12). The Kier molecular flexibility index (Phi) is 1.47. The summed E-state index contributed by atoms with van der Waals surface area (Å²) in [6, 6.07) is 3.78. The van der Waals surface area contributed by atoms with Crippen LogP contribution in [-0.4, -0.2) is 4.98 Å². The normalized spacial score (nSPS) is 15.6. The van der Waals surface area contributed by atoms with E-state index in [1.54, 1.807) is 12.3 Å². The van der Waals surface area contributed by atoms with Crippen LogP contribution < -0.4 is 5.73 Å². The Morgan fingerprint density at radius 3 is 2.92 bits per heavy atom. The summed E-state index contributed by atoms with van der Waals surface area (Å²) in [5, 5.41) is 8.79. The number of nitrogens with two attached hydrogens (primary N) is 1. The molecule has 0 bridgehead atoms. The van der Waals surface area contributed by atoms with E-state index in [0.717, 1.165) is 5.56 Å². The highest BCUT2D eigenvalue weighted by Gasteiger charge is 2.26. The molecule has 0 radical (unpaired) electrons. The monoisotopic (exact) mass is 159 g/mol. The van der Waals surface area contributed by atoms with Gasteiger partial charge in [-0.3, -0.25) is 0 Å². The van der Waals surface area contributed by atoms with Crippen molar-refractivity contribution in [2.45, 2.75) is 18.8 Å². The van der Waals surface area contributed by atoms with Crippen molar-refractivity contribution in [2.75, 3.05) is 5.73 Å². The quantitative estimate of drug-likeness (QED) is 0.673. The lowest BCUT2D eigenvalue weighted by molar-refractivity contribution is 1.08. The van der Waals surface area contributed by atoms with Gasteiger partial charge >= 0.3 is 0 Å². The van der Waals surface area contributed by atoms with Crippen LogP contribution in [0.15, 0.2) is 12.3 Å². The van der Waals surface area contributed by atoms with E-state index >= 15 is 0 Å². The Morgan fingerprint density at radius 1 is 1.58 bits per heavy atom. The van der Waals surface area contributed by atoms with Gasteiger partial charge in [0.1, 0.15) is 5.82 Å². The van der Waals surface area contributed by atoms with E-state index in [1.165, 1.54) is 12.8 Å². The van der Waals surface area contributed by atoms with E-state index in [1.807, 2.05) is 0 Å². The van der Waals surface area contributed by atoms with Crippen molar-refractivity contribution >= 4 is 5.82 Å². The largest absolute Gasteiger partial charge is 0.384 e. The summed E-state index contributed by atoms with van der Waals surface area (Å²) in [5.74, 6) is 0.990. The maximum atomic E-state index is 8.79. The van der Waals surface area contributed by atoms with Gasteiger partial charge in [0.2, 0.25) is 0 Å². The Bertz CT molecular complexity index is 347. The number of hydrogen-bond acceptors (Lipinski definition) is 3. The fourth-order valence-electron chi connectivity index (χ4n) is 1.30. The molecule has 1 heterocycles. The fraction of sp³-hybridized carbons (Fsp3) is 0.333. The number of anilines is 1. The molecule has 1 aliphatic carbocycles. The first-order valence-corrected chi connectivity index (χ1v) is 3.97. The summed E-state index contributed by atoms with van der Waals surface area (Å²) in [7, 11) is 0. The predicted molar refractivity (Wildman–Crippen MR) is 45.3 cm³/mol. The van der Waals surface area contributed by atoms with Gasteiger partial charge in [-0.1, -0.05) is 0 Å². The Hall–Kier alpha value is -1.56. The number of nitriles is 1. The molecule has 2 N–H and O–H groups in total. The number of nitrogen functional groups attached to an aromatic ring is 1. The predicted octanol–water partition coefficient (Wildman–Crippen LogP) is 1.41. The highest BCUT2D eigenvalue weighted by atomic mass is 14.8. The second-order valence-electron chi connectivity index (χ2n) is 3.08. The molecule has 0 unspecified atom stereocenters. The lowest BCUT2D eigenvalue weighted by Gasteiger charge is -2.00. The lowest BCUT2D eigenvalue weighted by atomic mass is 10.1. The third-order valence-corrected chi connectivity index (χ3v) is 2.09. The van der Waals surface area contributed by atoms with Crippen molar-refractivity contribution in [3.63, 3.8) is 0 Å². The first-order valence-electron chi connectivity index (χ1n) is 3.97. The van der Waals surface area contributed by atoms with Crippen LogP contribution in [0.25, 0.3) is 0 Å². The minimum atomic E-state index is 0.427. The van der Waals surface area contributed by atoms with E-state index in [-0.39, 0.29) is 0 Å². The number of aromatic nitrogens is 1. The van der Waals surface area contributed by atoms with Gasteiger partial charge in [-0.15, -0.1) is 0 Å². The second-order valence-corrected chi connectivity index (χ2v) is 3.08. The average molecular weight is 159 g/mol. The second kappa shape index (κ2) is 2.49. The maximum absolute atomic E-state index is 8.79. The van der Waals surface area contributed by atoms with E-state index in [2.05, 4.69) is 11.1 Å². The Morgan fingerprint density at radius 2 is 2.33 bits per heavy atom. The molecule has 0 spiro atoms. The molecule has 0 saturated heterocycles. The van der Waals surface area contributed by atoms with Gasteiger partial charge in [-0.25, -0.2) is 4.98 Å². The van der Waals surface area contributed by atoms with Gasteiger partial charge in [0, 0.05) is 6.20 Å². The summed E-state index contributed by atoms with van der Waals surface area (Å²) in [6.45, 7) is 0. The van der Waals surface area contributed by atoms with Gasteiger partial charge < -0.3 is 5.73 Å². The first kappa shape index (κ1) is 7.11. The zero-order valence-electron chi connectivity index (χ0n) is 6.62. The van der Waals surface area contributed by atoms with Crippen molar-refractivity contribution in [3.05, 3.63) is 23.4 Å². The molecule has 1 aromatic heterocycles. The van der Waals surface area contributed by atoms with Crippen LogP contribution in [0, 0.1) is 11.3 Å². The van der Waals surface area contributed by atoms with Gasteiger partial charge in [-0.05, 0) is 30.4 Å². The third kappa shape index (κ3) is 1.12. The van der Waals surface area contributed by atoms with Crippen molar-refractivity contribution in [1.82, 2.24) is 4.98 Å². The number of rotatable bonds is 1. The summed E-state index contributed by atoms with van der Waals surface area (Å²) in [6.07, 6.45) is 4.09. The minimum Gasteiger partial charge on any atom is -0.384 e. The lowest BCUT2D eigenvalue weighted by Crippen LogP contribution is -1.94.